The molecule has 4 nitrogen and oxygen atoms in total. The van der Waals surface area contributed by atoms with Crippen molar-refractivity contribution in [3.63, 3.8) is 0 Å². The molecule has 0 unspecified atom stereocenters. The first-order valence-corrected chi connectivity index (χ1v) is 6.73. The van der Waals surface area contributed by atoms with Gasteiger partial charge in [-0.25, -0.2) is 4.79 Å². The van der Waals surface area contributed by atoms with E-state index in [4.69, 9.17) is 13.3 Å². The summed E-state index contributed by atoms with van der Waals surface area (Å²) in [6.07, 6.45) is 1.50. The Balaban J connectivity index is 4.23. The summed E-state index contributed by atoms with van der Waals surface area (Å²) in [5.74, 6) is -0.426. The molecule has 0 bridgehead atoms. The lowest BCUT2D eigenvalue weighted by molar-refractivity contribution is -0.134. The van der Waals surface area contributed by atoms with Crippen molar-refractivity contribution in [2.75, 3.05) is 14.2 Å². The second-order valence-corrected chi connectivity index (χ2v) is 5.76. The van der Waals surface area contributed by atoms with E-state index < -0.39 is 14.8 Å². The molecule has 0 atom stereocenters. The molecule has 0 saturated heterocycles. The van der Waals surface area contributed by atoms with Crippen molar-refractivity contribution in [1.82, 2.24) is 0 Å². The van der Waals surface area contributed by atoms with Gasteiger partial charge in [0.2, 0.25) is 0 Å². The number of rotatable bonds is 6. The molecule has 0 aromatic rings. The van der Waals surface area contributed by atoms with Crippen LogP contribution in [0.25, 0.3) is 0 Å². The normalized spacial score (nSPS) is 11.1. The van der Waals surface area contributed by atoms with E-state index in [9.17, 15) is 4.79 Å². The molecule has 0 fully saturated rings. The van der Waals surface area contributed by atoms with Crippen LogP contribution >= 0.6 is 0 Å². The van der Waals surface area contributed by atoms with E-state index in [1.54, 1.807) is 6.55 Å². The molecule has 0 heterocycles. The van der Waals surface area contributed by atoms with Crippen LogP contribution in [0.1, 0.15) is 19.8 Å². The minimum Gasteiger partial charge on any atom is -0.470 e. The second kappa shape index (κ2) is 5.95. The van der Waals surface area contributed by atoms with Gasteiger partial charge in [0, 0.05) is 26.3 Å². The summed E-state index contributed by atoms with van der Waals surface area (Å²) >= 11 is 0. The monoisotopic (exact) mass is 218 g/mol. The molecule has 0 aliphatic rings. The zero-order valence-corrected chi connectivity index (χ0v) is 10.3. The molecule has 14 heavy (non-hydrogen) atoms. The van der Waals surface area contributed by atoms with Crippen LogP contribution in [0.2, 0.25) is 6.55 Å². The van der Waals surface area contributed by atoms with Crippen LogP contribution in [0.3, 0.4) is 0 Å². The summed E-state index contributed by atoms with van der Waals surface area (Å²) in [6, 6.07) is 0. The summed E-state index contributed by atoms with van der Waals surface area (Å²) in [4.78, 5) is 11.4. The first-order valence-electron chi connectivity index (χ1n) is 4.50. The standard InChI is InChI=1S/C9H18O4Si/c1-6-7-8(2)9(10)13-14(5,11-3)12-4/h2,6-7H2,1,3-5H3. The largest absolute Gasteiger partial charge is 0.564 e. The molecule has 0 amide bonds. The van der Waals surface area contributed by atoms with E-state index in [0.717, 1.165) is 6.42 Å². The van der Waals surface area contributed by atoms with E-state index in [2.05, 4.69) is 6.58 Å². The van der Waals surface area contributed by atoms with Crippen LogP contribution in [0.4, 0.5) is 0 Å². The quantitative estimate of drug-likeness (QED) is 0.503. The van der Waals surface area contributed by atoms with Crippen LogP contribution in [0, 0.1) is 0 Å². The van der Waals surface area contributed by atoms with Gasteiger partial charge in [-0.05, 0) is 6.42 Å². The maximum atomic E-state index is 11.4. The molecular formula is C9H18O4Si. The molecular weight excluding hydrogens is 200 g/mol. The first-order chi connectivity index (χ1) is 6.49. The fraction of sp³-hybridized carbons (Fsp3) is 0.667. The topological polar surface area (TPSA) is 44.8 Å². The smallest absolute Gasteiger partial charge is 0.470 e. The lowest BCUT2D eigenvalue weighted by atomic mass is 10.2. The van der Waals surface area contributed by atoms with Crippen molar-refractivity contribution in [3.05, 3.63) is 12.2 Å². The van der Waals surface area contributed by atoms with Gasteiger partial charge in [-0.3, -0.25) is 0 Å². The van der Waals surface area contributed by atoms with E-state index in [1.165, 1.54) is 14.2 Å². The number of hydrogen-bond acceptors (Lipinski definition) is 4. The molecule has 0 rings (SSSR count). The third-order valence-electron chi connectivity index (χ3n) is 1.86. The highest BCUT2D eigenvalue weighted by atomic mass is 28.4. The minimum absolute atomic E-state index is 0.426. The highest BCUT2D eigenvalue weighted by molar-refractivity contribution is 6.61. The van der Waals surface area contributed by atoms with E-state index in [1.807, 2.05) is 6.92 Å². The van der Waals surface area contributed by atoms with E-state index in [-0.39, 0.29) is 0 Å². The molecule has 0 saturated carbocycles. The van der Waals surface area contributed by atoms with Gasteiger partial charge < -0.3 is 13.3 Å². The van der Waals surface area contributed by atoms with Crippen LogP contribution < -0.4 is 0 Å². The molecule has 0 aromatic carbocycles. The zero-order valence-electron chi connectivity index (χ0n) is 9.25. The highest BCUT2D eigenvalue weighted by Gasteiger charge is 2.36. The number of carbonyl (C=O) groups is 1. The predicted octanol–water partition coefficient (Wildman–Crippen LogP) is 1.75. The van der Waals surface area contributed by atoms with Crippen molar-refractivity contribution >= 4 is 14.8 Å². The van der Waals surface area contributed by atoms with Crippen LogP contribution in [0.15, 0.2) is 12.2 Å². The van der Waals surface area contributed by atoms with Gasteiger partial charge in [0.25, 0.3) is 0 Å². The van der Waals surface area contributed by atoms with Gasteiger partial charge in [-0.2, -0.15) is 0 Å². The Morgan fingerprint density at radius 3 is 2.21 bits per heavy atom. The van der Waals surface area contributed by atoms with Crippen molar-refractivity contribution in [2.24, 2.45) is 0 Å². The van der Waals surface area contributed by atoms with Crippen molar-refractivity contribution in [2.45, 2.75) is 26.3 Å². The Labute approximate surface area is 86.2 Å². The maximum absolute atomic E-state index is 11.4. The number of carbonyl (C=O) groups excluding carboxylic acids is 1. The lowest BCUT2D eigenvalue weighted by Gasteiger charge is -2.21. The zero-order chi connectivity index (χ0) is 11.2. The van der Waals surface area contributed by atoms with Crippen molar-refractivity contribution < 1.29 is 18.1 Å². The van der Waals surface area contributed by atoms with Crippen molar-refractivity contribution in [3.8, 4) is 0 Å². The summed E-state index contributed by atoms with van der Waals surface area (Å²) in [5, 5.41) is 0. The third kappa shape index (κ3) is 4.04. The summed E-state index contributed by atoms with van der Waals surface area (Å²) in [7, 11) is 0.165. The van der Waals surface area contributed by atoms with E-state index >= 15 is 0 Å². The minimum atomic E-state index is -2.76. The molecule has 0 spiro atoms. The van der Waals surface area contributed by atoms with Crippen LogP contribution in [-0.2, 0) is 18.1 Å². The van der Waals surface area contributed by atoms with Gasteiger partial charge in [-0.1, -0.05) is 19.9 Å². The SMILES string of the molecule is C=C(CCC)C(=O)O[Si](C)(OC)OC. The molecule has 0 aliphatic carbocycles. The Morgan fingerprint density at radius 1 is 1.36 bits per heavy atom. The second-order valence-electron chi connectivity index (χ2n) is 3.01. The molecule has 0 radical (unpaired) electrons. The Morgan fingerprint density at radius 2 is 1.86 bits per heavy atom. The van der Waals surface area contributed by atoms with Gasteiger partial charge in [0.05, 0.1) is 0 Å². The fourth-order valence-electron chi connectivity index (χ4n) is 0.811. The van der Waals surface area contributed by atoms with Crippen LogP contribution in [-0.4, -0.2) is 29.0 Å². The summed E-state index contributed by atoms with van der Waals surface area (Å²) in [5.41, 5.74) is 0.459. The number of hydrogen-bond donors (Lipinski definition) is 0. The molecule has 5 heteroatoms. The van der Waals surface area contributed by atoms with Crippen molar-refractivity contribution in [1.29, 1.82) is 0 Å². The van der Waals surface area contributed by atoms with Gasteiger partial charge in [0.15, 0.2) is 0 Å². The van der Waals surface area contributed by atoms with Gasteiger partial charge in [-0.15, -0.1) is 0 Å². The Hall–Kier alpha value is -0.653. The predicted molar refractivity (Wildman–Crippen MR) is 55.8 cm³/mol. The van der Waals surface area contributed by atoms with Gasteiger partial charge >= 0.3 is 14.8 Å². The average molecular weight is 218 g/mol. The summed E-state index contributed by atoms with van der Waals surface area (Å²) < 4.78 is 15.1. The Bertz CT molecular complexity index is 211. The van der Waals surface area contributed by atoms with E-state index in [0.29, 0.717) is 12.0 Å². The van der Waals surface area contributed by atoms with Gasteiger partial charge in [0.1, 0.15) is 0 Å². The Kier molecular flexibility index (Phi) is 5.67. The third-order valence-corrected chi connectivity index (χ3v) is 3.90. The fourth-order valence-corrected chi connectivity index (χ4v) is 1.63. The molecule has 0 aliphatic heterocycles. The highest BCUT2D eigenvalue weighted by Crippen LogP contribution is 2.11. The average Bonchev–Trinajstić information content (AvgIpc) is 2.18. The maximum Gasteiger partial charge on any atom is 0.564 e. The lowest BCUT2D eigenvalue weighted by Crippen LogP contribution is -2.42. The molecule has 0 N–H and O–H groups in total. The van der Waals surface area contributed by atoms with Crippen LogP contribution in [0.5, 0.6) is 0 Å². The summed E-state index contributed by atoms with van der Waals surface area (Å²) in [6.45, 7) is 7.26. The molecule has 0 aromatic heterocycles. The first kappa shape index (κ1) is 13.3. The molecule has 82 valence electrons.